The Hall–Kier alpha value is -1.77. The van der Waals surface area contributed by atoms with Crippen molar-refractivity contribution in [1.29, 1.82) is 0 Å². The molecule has 0 amide bonds. The first-order valence-corrected chi connectivity index (χ1v) is 11.1. The molecule has 2 aromatic rings. The third kappa shape index (κ3) is 5.15. The first-order chi connectivity index (χ1) is 13.0. The Kier molecular flexibility index (Phi) is 6.62. The van der Waals surface area contributed by atoms with Crippen LogP contribution in [0.1, 0.15) is 37.4 Å². The largest absolute Gasteiger partial charge is 0.376 e. The Labute approximate surface area is 161 Å². The molecule has 148 valence electrons. The van der Waals surface area contributed by atoms with E-state index in [9.17, 15) is 8.42 Å². The van der Waals surface area contributed by atoms with Crippen molar-refractivity contribution in [2.75, 3.05) is 19.4 Å². The van der Waals surface area contributed by atoms with Crippen LogP contribution in [-0.2, 0) is 34.2 Å². The first-order valence-electron chi connectivity index (χ1n) is 9.46. The molecule has 0 N–H and O–H groups in total. The van der Waals surface area contributed by atoms with Gasteiger partial charge in [-0.1, -0.05) is 13.0 Å². The monoisotopic (exact) mass is 392 g/mol. The minimum Gasteiger partial charge on any atom is -0.376 e. The van der Waals surface area contributed by atoms with Crippen LogP contribution in [-0.4, -0.2) is 53.4 Å². The van der Waals surface area contributed by atoms with E-state index in [2.05, 4.69) is 14.9 Å². The van der Waals surface area contributed by atoms with Crippen LogP contribution in [0.15, 0.2) is 35.9 Å². The van der Waals surface area contributed by atoms with Gasteiger partial charge in [0.05, 0.1) is 30.3 Å². The van der Waals surface area contributed by atoms with Gasteiger partial charge in [-0.15, -0.1) is 0 Å². The Morgan fingerprint density at radius 3 is 2.85 bits per heavy atom. The molecule has 1 saturated heterocycles. The lowest BCUT2D eigenvalue weighted by Crippen LogP contribution is -2.25. The predicted octanol–water partition coefficient (Wildman–Crippen LogP) is 2.27. The Morgan fingerprint density at radius 2 is 2.19 bits per heavy atom. The number of aromatic nitrogens is 3. The lowest BCUT2D eigenvalue weighted by atomic mass is 10.2. The predicted molar refractivity (Wildman–Crippen MR) is 103 cm³/mol. The van der Waals surface area contributed by atoms with Gasteiger partial charge in [0.25, 0.3) is 0 Å². The van der Waals surface area contributed by atoms with Crippen LogP contribution >= 0.6 is 0 Å². The Morgan fingerprint density at radius 1 is 1.33 bits per heavy atom. The second kappa shape index (κ2) is 8.95. The number of hydrogen-bond donors (Lipinski definition) is 0. The fourth-order valence-corrected chi connectivity index (χ4v) is 4.91. The van der Waals surface area contributed by atoms with Gasteiger partial charge in [0, 0.05) is 32.1 Å². The average Bonchev–Trinajstić information content (AvgIpc) is 3.27. The summed E-state index contributed by atoms with van der Waals surface area (Å²) in [6, 6.07) is 3.95. The highest BCUT2D eigenvalue weighted by Gasteiger charge is 2.26. The molecular formula is C19H28N4O3S. The van der Waals surface area contributed by atoms with Crippen LogP contribution in [0.25, 0.3) is 0 Å². The molecule has 0 bridgehead atoms. The van der Waals surface area contributed by atoms with Gasteiger partial charge < -0.3 is 9.30 Å². The molecule has 0 aromatic carbocycles. The molecule has 8 heteroatoms. The zero-order chi connectivity index (χ0) is 19.3. The lowest BCUT2D eigenvalue weighted by Gasteiger charge is -2.20. The van der Waals surface area contributed by atoms with Crippen LogP contribution in [0.4, 0.5) is 0 Å². The van der Waals surface area contributed by atoms with E-state index in [0.717, 1.165) is 37.3 Å². The molecule has 7 nitrogen and oxygen atoms in total. The van der Waals surface area contributed by atoms with E-state index in [1.54, 1.807) is 12.4 Å². The van der Waals surface area contributed by atoms with E-state index in [-0.39, 0.29) is 17.0 Å². The fraction of sp³-hybridized carbons (Fsp3) is 0.579. The number of rotatable bonds is 9. The maximum absolute atomic E-state index is 12.7. The molecule has 1 aliphatic heterocycles. The van der Waals surface area contributed by atoms with Crippen molar-refractivity contribution in [1.82, 2.24) is 19.4 Å². The van der Waals surface area contributed by atoms with Crippen LogP contribution in [0, 0.1) is 0 Å². The van der Waals surface area contributed by atoms with Crippen molar-refractivity contribution in [3.05, 3.63) is 42.0 Å². The number of sulfone groups is 1. The van der Waals surface area contributed by atoms with Crippen molar-refractivity contribution in [3.63, 3.8) is 0 Å². The van der Waals surface area contributed by atoms with Crippen LogP contribution in [0.5, 0.6) is 0 Å². The zero-order valence-electron chi connectivity index (χ0n) is 16.0. The molecule has 0 unspecified atom stereocenters. The molecule has 1 fully saturated rings. The molecule has 3 rings (SSSR count). The maximum Gasteiger partial charge on any atom is 0.227 e. The minimum atomic E-state index is -3.39. The zero-order valence-corrected chi connectivity index (χ0v) is 16.9. The molecule has 0 aliphatic carbocycles. The molecule has 0 saturated carbocycles. The van der Waals surface area contributed by atoms with E-state index >= 15 is 0 Å². The number of nitrogens with zero attached hydrogens (tertiary/aromatic N) is 4. The van der Waals surface area contributed by atoms with Gasteiger partial charge in [-0.25, -0.2) is 13.4 Å². The summed E-state index contributed by atoms with van der Waals surface area (Å²) in [7, 11) is -1.38. The normalized spacial score (nSPS) is 17.7. The van der Waals surface area contributed by atoms with E-state index < -0.39 is 9.84 Å². The van der Waals surface area contributed by atoms with Gasteiger partial charge in [0.15, 0.2) is 0 Å². The van der Waals surface area contributed by atoms with Crippen LogP contribution in [0.3, 0.4) is 0 Å². The SMILES string of the molecule is CCCS(=O)(=O)c1ncc(CN(C)Cc2cccnc2)n1C[C@@H]1CCCO1. The second-order valence-electron chi connectivity index (χ2n) is 7.13. The van der Waals surface area contributed by atoms with Crippen molar-refractivity contribution >= 4 is 9.84 Å². The van der Waals surface area contributed by atoms with Crippen molar-refractivity contribution < 1.29 is 13.2 Å². The summed E-state index contributed by atoms with van der Waals surface area (Å²) in [6.07, 6.45) is 7.89. The quantitative estimate of drug-likeness (QED) is 0.652. The molecule has 0 radical (unpaired) electrons. The summed E-state index contributed by atoms with van der Waals surface area (Å²) < 4.78 is 32.9. The smallest absolute Gasteiger partial charge is 0.227 e. The van der Waals surface area contributed by atoms with E-state index in [1.807, 2.05) is 36.9 Å². The number of ether oxygens (including phenoxy) is 1. The van der Waals surface area contributed by atoms with Gasteiger partial charge in [0.2, 0.25) is 15.0 Å². The highest BCUT2D eigenvalue weighted by molar-refractivity contribution is 7.91. The number of imidazole rings is 1. The molecule has 1 atom stereocenters. The Bertz CT molecular complexity index is 830. The van der Waals surface area contributed by atoms with E-state index in [1.165, 1.54) is 0 Å². The first kappa shape index (κ1) is 20.0. The standard InChI is InChI=1S/C19H28N4O3S/c1-3-10-27(24,25)19-21-12-17(23(19)15-18-7-5-9-26-18)14-22(2)13-16-6-4-8-20-11-16/h4,6,8,11-12,18H,3,5,7,9-10,13-15H2,1-2H3/t18-/m0/s1. The highest BCUT2D eigenvalue weighted by atomic mass is 32.2. The molecule has 1 aliphatic rings. The van der Waals surface area contributed by atoms with Crippen molar-refractivity contribution in [2.24, 2.45) is 0 Å². The van der Waals surface area contributed by atoms with Crippen molar-refractivity contribution in [3.8, 4) is 0 Å². The van der Waals surface area contributed by atoms with Gasteiger partial charge >= 0.3 is 0 Å². The molecule has 0 spiro atoms. The molecule has 27 heavy (non-hydrogen) atoms. The number of pyridine rings is 1. The summed E-state index contributed by atoms with van der Waals surface area (Å²) in [5.74, 6) is 0.112. The summed E-state index contributed by atoms with van der Waals surface area (Å²) >= 11 is 0. The summed E-state index contributed by atoms with van der Waals surface area (Å²) in [5, 5.41) is 0.171. The third-order valence-electron chi connectivity index (χ3n) is 4.67. The summed E-state index contributed by atoms with van der Waals surface area (Å²) in [6.45, 7) is 4.49. The number of hydrogen-bond acceptors (Lipinski definition) is 6. The topological polar surface area (TPSA) is 77.3 Å². The van der Waals surface area contributed by atoms with Crippen LogP contribution < -0.4 is 0 Å². The maximum atomic E-state index is 12.7. The Balaban J connectivity index is 1.81. The lowest BCUT2D eigenvalue weighted by molar-refractivity contribution is 0.0934. The molecule has 2 aromatic heterocycles. The van der Waals surface area contributed by atoms with Crippen LogP contribution in [0.2, 0.25) is 0 Å². The molecular weight excluding hydrogens is 364 g/mol. The molecule has 3 heterocycles. The van der Waals surface area contributed by atoms with Crippen molar-refractivity contribution in [2.45, 2.75) is 57.1 Å². The van der Waals surface area contributed by atoms with Gasteiger partial charge in [-0.3, -0.25) is 9.88 Å². The summed E-state index contributed by atoms with van der Waals surface area (Å²) in [4.78, 5) is 10.6. The van der Waals surface area contributed by atoms with E-state index in [0.29, 0.717) is 19.5 Å². The summed E-state index contributed by atoms with van der Waals surface area (Å²) in [5.41, 5.74) is 2.01. The average molecular weight is 393 g/mol. The fourth-order valence-electron chi connectivity index (χ4n) is 3.45. The van der Waals surface area contributed by atoms with Gasteiger partial charge in [-0.2, -0.15) is 0 Å². The van der Waals surface area contributed by atoms with Gasteiger partial charge in [0.1, 0.15) is 0 Å². The second-order valence-corrected chi connectivity index (χ2v) is 9.13. The van der Waals surface area contributed by atoms with Gasteiger partial charge in [-0.05, 0) is 37.9 Å². The third-order valence-corrected chi connectivity index (χ3v) is 6.50. The minimum absolute atomic E-state index is 0.0529. The van der Waals surface area contributed by atoms with E-state index in [4.69, 9.17) is 4.74 Å². The highest BCUT2D eigenvalue weighted by Crippen LogP contribution is 2.21.